The number of esters is 1. The molecule has 0 atom stereocenters. The van der Waals surface area contributed by atoms with Gasteiger partial charge in [0.1, 0.15) is 15.4 Å². The van der Waals surface area contributed by atoms with Crippen LogP contribution < -0.4 is 9.80 Å². The van der Waals surface area contributed by atoms with E-state index in [1.54, 1.807) is 0 Å². The van der Waals surface area contributed by atoms with Gasteiger partial charge in [0.2, 0.25) is 5.91 Å². The van der Waals surface area contributed by atoms with Crippen molar-refractivity contribution >= 4 is 50.6 Å². The number of methoxy groups -OCH3 is 1. The summed E-state index contributed by atoms with van der Waals surface area (Å²) in [5.41, 5.74) is -1.67. The summed E-state index contributed by atoms with van der Waals surface area (Å²) < 4.78 is 104. The number of hydrogen-bond donors (Lipinski definition) is 0. The molecule has 0 aliphatic rings. The molecule has 0 aliphatic carbocycles. The molecule has 2 rings (SSSR count). The van der Waals surface area contributed by atoms with Crippen LogP contribution in [0.5, 0.6) is 0 Å². The van der Waals surface area contributed by atoms with Crippen molar-refractivity contribution in [1.29, 1.82) is 0 Å². The monoisotopic (exact) mass is 629 g/mol. The number of aromatic nitrogens is 1. The number of pyridine rings is 1. The first kappa shape index (κ1) is 33.9. The number of hydrogen-bond acceptors (Lipinski definition) is 9. The Balaban J connectivity index is 2.87. The zero-order valence-electron chi connectivity index (χ0n) is 23.1. The Morgan fingerprint density at radius 2 is 1.66 bits per heavy atom. The molecule has 10 nitrogen and oxygen atoms in total. The van der Waals surface area contributed by atoms with E-state index in [-0.39, 0.29) is 17.0 Å². The molecule has 0 N–H and O–H groups in total. The number of nitrogens with zero attached hydrogens (tertiary/aromatic N) is 3. The van der Waals surface area contributed by atoms with Crippen LogP contribution in [0.25, 0.3) is 0 Å². The molecule has 2 aromatic heterocycles. The first-order chi connectivity index (χ1) is 18.6. The molecule has 0 saturated carbocycles. The molecule has 228 valence electrons. The topological polar surface area (TPSA) is 123 Å². The first-order valence-corrected chi connectivity index (χ1v) is 14.2. The smallest absolute Gasteiger partial charge is 0.458 e. The zero-order chi connectivity index (χ0) is 31.7. The Bertz CT molecular complexity index is 1430. The lowest BCUT2D eigenvalue weighted by Crippen LogP contribution is -2.38. The highest BCUT2D eigenvalue weighted by molar-refractivity contribution is 7.91. The summed E-state index contributed by atoms with van der Waals surface area (Å²) >= 11 is -0.194. The normalized spacial score (nSPS) is 12.6. The number of ether oxygens (including phenoxy) is 2. The van der Waals surface area contributed by atoms with Crippen LogP contribution in [-0.2, 0) is 36.6 Å². The number of alkyl halides is 5. The molecule has 0 fully saturated rings. The molecule has 0 saturated heterocycles. The van der Waals surface area contributed by atoms with Gasteiger partial charge in [-0.05, 0) is 38.5 Å². The fourth-order valence-electron chi connectivity index (χ4n) is 3.20. The Hall–Kier alpha value is -3.34. The lowest BCUT2D eigenvalue weighted by molar-refractivity contribution is -0.287. The van der Waals surface area contributed by atoms with Crippen molar-refractivity contribution in [2.24, 2.45) is 0 Å². The van der Waals surface area contributed by atoms with Gasteiger partial charge in [-0.1, -0.05) is 6.92 Å². The van der Waals surface area contributed by atoms with Crippen molar-refractivity contribution in [3.63, 3.8) is 0 Å². The fraction of sp³-hybridized carbons (Fsp3) is 0.500. The predicted molar refractivity (Wildman–Crippen MR) is 139 cm³/mol. The van der Waals surface area contributed by atoms with Crippen LogP contribution in [0.3, 0.4) is 0 Å². The second kappa shape index (κ2) is 11.9. The molecule has 0 radical (unpaired) electrons. The van der Waals surface area contributed by atoms with Crippen LogP contribution in [-0.4, -0.2) is 63.1 Å². The zero-order valence-corrected chi connectivity index (χ0v) is 24.7. The highest BCUT2D eigenvalue weighted by Crippen LogP contribution is 2.47. The quantitative estimate of drug-likeness (QED) is 0.285. The average molecular weight is 630 g/mol. The van der Waals surface area contributed by atoms with Gasteiger partial charge < -0.3 is 14.4 Å². The SMILES string of the molecule is CCS(=O)(=O)c1cc(N(C)C(C)=O)cnc1N(Cc1cc(C(F)(F)C(F)(F)F)sc1C(=O)OC)C(=O)OC(C)(C)C. The predicted octanol–water partition coefficient (Wildman–Crippen LogP) is 5.30. The third kappa shape index (κ3) is 7.49. The van der Waals surface area contributed by atoms with Gasteiger partial charge >= 0.3 is 24.2 Å². The van der Waals surface area contributed by atoms with Crippen molar-refractivity contribution in [2.75, 3.05) is 29.7 Å². The minimum Gasteiger partial charge on any atom is -0.465 e. The molecule has 0 aromatic carbocycles. The Morgan fingerprint density at radius 1 is 1.07 bits per heavy atom. The molecule has 2 aromatic rings. The van der Waals surface area contributed by atoms with E-state index >= 15 is 0 Å². The van der Waals surface area contributed by atoms with Crippen LogP contribution in [0.4, 0.5) is 38.3 Å². The molecular weight excluding hydrogens is 601 g/mol. The van der Waals surface area contributed by atoms with E-state index in [0.29, 0.717) is 11.0 Å². The molecule has 41 heavy (non-hydrogen) atoms. The molecule has 0 spiro atoms. The lowest BCUT2D eigenvalue weighted by Gasteiger charge is -2.28. The van der Waals surface area contributed by atoms with Gasteiger partial charge in [0.15, 0.2) is 15.7 Å². The first-order valence-electron chi connectivity index (χ1n) is 11.7. The summed E-state index contributed by atoms with van der Waals surface area (Å²) in [6.45, 7) is 5.99. The highest BCUT2D eigenvalue weighted by Gasteiger charge is 2.60. The maximum atomic E-state index is 14.2. The minimum atomic E-state index is -6.00. The average Bonchev–Trinajstić information content (AvgIpc) is 3.28. The van der Waals surface area contributed by atoms with Crippen LogP contribution in [0.1, 0.15) is 54.7 Å². The van der Waals surface area contributed by atoms with Crippen molar-refractivity contribution in [1.82, 2.24) is 4.98 Å². The second-order valence-corrected chi connectivity index (χ2v) is 12.9. The van der Waals surface area contributed by atoms with Crippen molar-refractivity contribution in [3.05, 3.63) is 33.6 Å². The van der Waals surface area contributed by atoms with E-state index in [9.17, 15) is 44.8 Å². The Labute approximate surface area is 237 Å². The standard InChI is InChI=1S/C24H28F5N3O7S2/c1-8-41(36,37)16-10-15(31(6)13(2)33)11-30-19(16)32(21(35)39-22(3,4)5)12-14-9-17(23(25,26)24(27,28)29)40-18(14)20(34)38-7/h9-11H,8,12H2,1-7H3. The van der Waals surface area contributed by atoms with Crippen molar-refractivity contribution < 1.29 is 54.2 Å². The number of amides is 2. The molecule has 0 aliphatic heterocycles. The van der Waals surface area contributed by atoms with E-state index in [4.69, 9.17) is 4.74 Å². The van der Waals surface area contributed by atoms with Crippen LogP contribution in [0.2, 0.25) is 0 Å². The third-order valence-corrected chi connectivity index (χ3v) is 8.39. The number of anilines is 2. The largest absolute Gasteiger partial charge is 0.465 e. The van der Waals surface area contributed by atoms with Gasteiger partial charge in [-0.15, -0.1) is 11.3 Å². The van der Waals surface area contributed by atoms with E-state index in [2.05, 4.69) is 9.72 Å². The van der Waals surface area contributed by atoms with Crippen molar-refractivity contribution in [3.8, 4) is 0 Å². The van der Waals surface area contributed by atoms with Gasteiger partial charge in [-0.3, -0.25) is 9.69 Å². The maximum absolute atomic E-state index is 14.2. The lowest BCUT2D eigenvalue weighted by atomic mass is 10.1. The van der Waals surface area contributed by atoms with E-state index in [0.717, 1.165) is 24.3 Å². The number of rotatable bonds is 8. The summed E-state index contributed by atoms with van der Waals surface area (Å²) in [5, 5.41) is 0. The third-order valence-electron chi connectivity index (χ3n) is 5.44. The molecule has 17 heteroatoms. The summed E-state index contributed by atoms with van der Waals surface area (Å²) in [4.78, 5) is 40.5. The summed E-state index contributed by atoms with van der Waals surface area (Å²) in [6, 6.07) is 1.44. The number of thiophene rings is 1. The Kier molecular flexibility index (Phi) is 9.81. The molecule has 0 unspecified atom stereocenters. The molecule has 2 heterocycles. The van der Waals surface area contributed by atoms with E-state index in [1.165, 1.54) is 41.7 Å². The van der Waals surface area contributed by atoms with Gasteiger partial charge in [-0.2, -0.15) is 22.0 Å². The van der Waals surface area contributed by atoms with Gasteiger partial charge in [0.25, 0.3) is 0 Å². The maximum Gasteiger partial charge on any atom is 0.458 e. The molecule has 2 amide bonds. The highest BCUT2D eigenvalue weighted by atomic mass is 32.2. The Morgan fingerprint density at radius 3 is 2.12 bits per heavy atom. The van der Waals surface area contributed by atoms with Crippen LogP contribution >= 0.6 is 11.3 Å². The number of halogens is 5. The second-order valence-electron chi connectivity index (χ2n) is 9.59. The van der Waals surface area contributed by atoms with Gasteiger partial charge in [0.05, 0.1) is 36.2 Å². The number of carbonyl (C=O) groups excluding carboxylic acids is 3. The number of sulfone groups is 1. The minimum absolute atomic E-state index is 0.0234. The van der Waals surface area contributed by atoms with Crippen molar-refractivity contribution in [2.45, 2.75) is 63.8 Å². The fourth-order valence-corrected chi connectivity index (χ4v) is 5.34. The van der Waals surface area contributed by atoms with E-state index < -0.39 is 83.8 Å². The van der Waals surface area contributed by atoms with Gasteiger partial charge in [-0.25, -0.2) is 23.0 Å². The van der Waals surface area contributed by atoms with Gasteiger partial charge in [0, 0.05) is 14.0 Å². The summed E-state index contributed by atoms with van der Waals surface area (Å²) in [7, 11) is -1.99. The van der Waals surface area contributed by atoms with E-state index in [1.807, 2.05) is 0 Å². The summed E-state index contributed by atoms with van der Waals surface area (Å²) in [6.07, 6.45) is -6.20. The molecular formula is C24H28F5N3O7S2. The van der Waals surface area contributed by atoms with Crippen LogP contribution in [0, 0.1) is 0 Å². The number of carbonyl (C=O) groups is 3. The summed E-state index contributed by atoms with van der Waals surface area (Å²) in [5.74, 6) is -8.18. The van der Waals surface area contributed by atoms with Crippen LogP contribution in [0.15, 0.2) is 23.2 Å². The molecule has 0 bridgehead atoms.